The second kappa shape index (κ2) is 7.70. The molecule has 28 heavy (non-hydrogen) atoms. The monoisotopic (exact) mass is 376 g/mol. The summed E-state index contributed by atoms with van der Waals surface area (Å²) in [5, 5.41) is 6.80. The fourth-order valence-corrected chi connectivity index (χ4v) is 4.40. The molecule has 0 aromatic heterocycles. The molecule has 2 aromatic carbocycles. The number of rotatable bonds is 5. The van der Waals surface area contributed by atoms with Crippen LogP contribution in [-0.2, 0) is 4.79 Å². The lowest BCUT2D eigenvalue weighted by Crippen LogP contribution is -2.29. The van der Waals surface area contributed by atoms with Crippen LogP contribution in [0, 0.1) is 11.8 Å². The van der Waals surface area contributed by atoms with Crippen molar-refractivity contribution in [2.45, 2.75) is 38.6 Å². The van der Waals surface area contributed by atoms with Gasteiger partial charge in [0.15, 0.2) is 0 Å². The summed E-state index contributed by atoms with van der Waals surface area (Å²) in [5.74, 6) is 2.15. The second-order valence-electron chi connectivity index (χ2n) is 8.20. The number of amides is 1. The van der Waals surface area contributed by atoms with Gasteiger partial charge in [-0.3, -0.25) is 4.79 Å². The SMILES string of the molecule is COc1ccc(C2Nc3ccc(NC(=O)CC(C)C)cc3C3C=CCC32)cc1. The zero-order valence-corrected chi connectivity index (χ0v) is 16.7. The molecule has 1 heterocycles. The number of ether oxygens (including phenoxy) is 1. The van der Waals surface area contributed by atoms with Crippen LogP contribution in [-0.4, -0.2) is 13.0 Å². The van der Waals surface area contributed by atoms with Gasteiger partial charge in [0.25, 0.3) is 0 Å². The molecule has 2 aliphatic rings. The van der Waals surface area contributed by atoms with E-state index >= 15 is 0 Å². The van der Waals surface area contributed by atoms with E-state index in [9.17, 15) is 4.79 Å². The van der Waals surface area contributed by atoms with E-state index in [0.717, 1.165) is 23.5 Å². The van der Waals surface area contributed by atoms with Crippen molar-refractivity contribution in [1.29, 1.82) is 0 Å². The van der Waals surface area contributed by atoms with Gasteiger partial charge in [0.2, 0.25) is 5.91 Å². The van der Waals surface area contributed by atoms with Crippen LogP contribution in [0.25, 0.3) is 0 Å². The van der Waals surface area contributed by atoms with E-state index in [1.807, 2.05) is 18.2 Å². The lowest BCUT2D eigenvalue weighted by Gasteiger charge is -2.37. The van der Waals surface area contributed by atoms with Gasteiger partial charge >= 0.3 is 0 Å². The Bertz CT molecular complexity index is 886. The number of benzene rings is 2. The van der Waals surface area contributed by atoms with Crippen LogP contribution in [0.3, 0.4) is 0 Å². The van der Waals surface area contributed by atoms with Gasteiger partial charge in [-0.1, -0.05) is 38.1 Å². The molecule has 1 aliphatic heterocycles. The van der Waals surface area contributed by atoms with E-state index < -0.39 is 0 Å². The van der Waals surface area contributed by atoms with Crippen molar-refractivity contribution in [2.75, 3.05) is 17.7 Å². The first-order chi connectivity index (χ1) is 13.5. The normalized spacial score (nSPS) is 22.4. The van der Waals surface area contributed by atoms with Gasteiger partial charge in [-0.05, 0) is 59.7 Å². The second-order valence-corrected chi connectivity index (χ2v) is 8.20. The molecule has 1 aliphatic carbocycles. The Morgan fingerprint density at radius 1 is 1.21 bits per heavy atom. The maximum Gasteiger partial charge on any atom is 0.224 e. The third-order valence-electron chi connectivity index (χ3n) is 5.72. The first-order valence-electron chi connectivity index (χ1n) is 10.1. The number of nitrogens with one attached hydrogen (secondary N) is 2. The van der Waals surface area contributed by atoms with Gasteiger partial charge in [0, 0.05) is 23.7 Å². The Labute approximate surface area is 167 Å². The number of anilines is 2. The fourth-order valence-electron chi connectivity index (χ4n) is 4.40. The van der Waals surface area contributed by atoms with Crippen LogP contribution in [0.15, 0.2) is 54.6 Å². The van der Waals surface area contributed by atoms with Crippen LogP contribution >= 0.6 is 0 Å². The van der Waals surface area contributed by atoms with E-state index in [2.05, 4.69) is 60.9 Å². The molecule has 1 amide bonds. The highest BCUT2D eigenvalue weighted by Gasteiger charge is 2.37. The van der Waals surface area contributed by atoms with Crippen molar-refractivity contribution in [3.05, 3.63) is 65.7 Å². The number of hydrogen-bond acceptors (Lipinski definition) is 3. The predicted octanol–water partition coefficient (Wildman–Crippen LogP) is 5.51. The minimum Gasteiger partial charge on any atom is -0.497 e. The predicted molar refractivity (Wildman–Crippen MR) is 114 cm³/mol. The first kappa shape index (κ1) is 18.6. The number of carbonyl (C=O) groups excluding carboxylic acids is 1. The number of hydrogen-bond donors (Lipinski definition) is 2. The van der Waals surface area contributed by atoms with E-state index in [1.165, 1.54) is 11.1 Å². The number of carbonyl (C=O) groups is 1. The first-order valence-corrected chi connectivity index (χ1v) is 10.1. The van der Waals surface area contributed by atoms with Crippen LogP contribution < -0.4 is 15.4 Å². The Hall–Kier alpha value is -2.75. The maximum atomic E-state index is 12.2. The van der Waals surface area contributed by atoms with Crippen LogP contribution in [0.5, 0.6) is 5.75 Å². The minimum absolute atomic E-state index is 0.0772. The number of allylic oxidation sites excluding steroid dienone is 2. The zero-order chi connectivity index (χ0) is 19.7. The largest absolute Gasteiger partial charge is 0.497 e. The molecular weight excluding hydrogens is 348 g/mol. The summed E-state index contributed by atoms with van der Waals surface area (Å²) in [5.41, 5.74) is 4.58. The van der Waals surface area contributed by atoms with Crippen molar-refractivity contribution in [1.82, 2.24) is 0 Å². The summed E-state index contributed by atoms with van der Waals surface area (Å²) in [7, 11) is 1.69. The van der Waals surface area contributed by atoms with Crippen molar-refractivity contribution in [3.8, 4) is 5.75 Å². The Morgan fingerprint density at radius 2 is 2.00 bits per heavy atom. The fraction of sp³-hybridized carbons (Fsp3) is 0.375. The van der Waals surface area contributed by atoms with Crippen LogP contribution in [0.4, 0.5) is 11.4 Å². The van der Waals surface area contributed by atoms with Gasteiger partial charge < -0.3 is 15.4 Å². The Balaban J connectivity index is 1.60. The van der Waals surface area contributed by atoms with Gasteiger partial charge in [0.05, 0.1) is 13.2 Å². The molecule has 146 valence electrons. The average molecular weight is 377 g/mol. The van der Waals surface area contributed by atoms with E-state index in [-0.39, 0.29) is 11.9 Å². The smallest absolute Gasteiger partial charge is 0.224 e. The topological polar surface area (TPSA) is 50.4 Å². The highest BCUT2D eigenvalue weighted by molar-refractivity contribution is 5.91. The number of fused-ring (bicyclic) bond motifs is 3. The Kier molecular flexibility index (Phi) is 5.12. The summed E-state index contributed by atoms with van der Waals surface area (Å²) >= 11 is 0. The third kappa shape index (κ3) is 3.64. The van der Waals surface area contributed by atoms with E-state index in [0.29, 0.717) is 24.2 Å². The van der Waals surface area contributed by atoms with Crippen molar-refractivity contribution in [3.63, 3.8) is 0 Å². The minimum atomic E-state index is 0.0772. The van der Waals surface area contributed by atoms with E-state index in [1.54, 1.807) is 7.11 Å². The molecule has 0 saturated carbocycles. The lowest BCUT2D eigenvalue weighted by atomic mass is 9.77. The third-order valence-corrected chi connectivity index (χ3v) is 5.72. The molecule has 0 saturated heterocycles. The van der Waals surface area contributed by atoms with Gasteiger partial charge in [-0.2, -0.15) is 0 Å². The lowest BCUT2D eigenvalue weighted by molar-refractivity contribution is -0.116. The molecule has 0 radical (unpaired) electrons. The molecule has 4 heteroatoms. The van der Waals surface area contributed by atoms with Gasteiger partial charge in [0.1, 0.15) is 5.75 Å². The molecule has 0 spiro atoms. The average Bonchev–Trinajstić information content (AvgIpc) is 3.17. The van der Waals surface area contributed by atoms with Crippen LogP contribution in [0.1, 0.15) is 49.8 Å². The quantitative estimate of drug-likeness (QED) is 0.677. The summed E-state index contributed by atoms with van der Waals surface area (Å²) in [4.78, 5) is 12.2. The highest BCUT2D eigenvalue weighted by atomic mass is 16.5. The Morgan fingerprint density at radius 3 is 2.71 bits per heavy atom. The molecule has 3 atom stereocenters. The van der Waals surface area contributed by atoms with E-state index in [4.69, 9.17) is 4.74 Å². The standard InChI is InChI=1S/C24H28N2O2/c1-15(2)13-23(27)25-17-9-12-22-21(14-17)19-5-4-6-20(19)24(26-22)16-7-10-18(28-3)11-8-16/h4-5,7-12,14-15,19-20,24,26H,6,13H2,1-3H3,(H,25,27). The summed E-state index contributed by atoms with van der Waals surface area (Å²) in [6.07, 6.45) is 6.20. The molecule has 4 nitrogen and oxygen atoms in total. The highest BCUT2D eigenvalue weighted by Crippen LogP contribution is 2.50. The maximum absolute atomic E-state index is 12.2. The molecule has 2 aromatic rings. The summed E-state index contributed by atoms with van der Waals surface area (Å²) < 4.78 is 5.30. The summed E-state index contributed by atoms with van der Waals surface area (Å²) in [6.45, 7) is 4.12. The van der Waals surface area contributed by atoms with Crippen molar-refractivity contribution >= 4 is 17.3 Å². The van der Waals surface area contributed by atoms with Gasteiger partial charge in [-0.25, -0.2) is 0 Å². The number of methoxy groups -OCH3 is 1. The van der Waals surface area contributed by atoms with Crippen LogP contribution in [0.2, 0.25) is 0 Å². The molecule has 0 fully saturated rings. The van der Waals surface area contributed by atoms with Crippen molar-refractivity contribution in [2.24, 2.45) is 11.8 Å². The molecule has 4 rings (SSSR count). The molecule has 0 bridgehead atoms. The summed E-state index contributed by atoms with van der Waals surface area (Å²) in [6, 6.07) is 14.8. The molecule has 3 unspecified atom stereocenters. The van der Waals surface area contributed by atoms with Crippen molar-refractivity contribution < 1.29 is 9.53 Å². The molecular formula is C24H28N2O2. The zero-order valence-electron chi connectivity index (χ0n) is 16.7. The van der Waals surface area contributed by atoms with Gasteiger partial charge in [-0.15, -0.1) is 0 Å². The molecule has 2 N–H and O–H groups in total.